The van der Waals surface area contributed by atoms with Crippen LogP contribution in [-0.2, 0) is 4.79 Å². The molecule has 0 saturated carbocycles. The van der Waals surface area contributed by atoms with Crippen molar-refractivity contribution in [2.24, 2.45) is 5.92 Å². The summed E-state index contributed by atoms with van der Waals surface area (Å²) in [5.41, 5.74) is 0. The molecule has 15 heavy (non-hydrogen) atoms. The molecule has 0 radical (unpaired) electrons. The fourth-order valence-electron chi connectivity index (χ4n) is 2.33. The van der Waals surface area contributed by atoms with E-state index in [1.165, 1.54) is 0 Å². The fraction of sp³-hybridized carbons (Fsp3) is 0.909. The minimum Gasteiger partial charge on any atom is -0.481 e. The van der Waals surface area contributed by atoms with E-state index in [2.05, 4.69) is 24.2 Å². The molecule has 1 aliphatic heterocycles. The third-order valence-electron chi connectivity index (χ3n) is 2.87. The Morgan fingerprint density at radius 3 is 2.87 bits per heavy atom. The molecule has 88 valence electrons. The fourth-order valence-corrected chi connectivity index (χ4v) is 2.33. The molecule has 1 fully saturated rings. The zero-order valence-electron chi connectivity index (χ0n) is 9.70. The van der Waals surface area contributed by atoms with Crippen molar-refractivity contribution in [2.75, 3.05) is 26.7 Å². The molecule has 0 aromatic heterocycles. The molecule has 0 aromatic rings. The highest BCUT2D eigenvalue weighted by atomic mass is 16.4. The van der Waals surface area contributed by atoms with Crippen molar-refractivity contribution >= 4 is 5.97 Å². The Bertz CT molecular complexity index is 209. The topological polar surface area (TPSA) is 52.6 Å². The number of likely N-dealkylation sites (N-methyl/N-ethyl adjacent to an activating group) is 1. The minimum absolute atomic E-state index is 0.300. The van der Waals surface area contributed by atoms with Gasteiger partial charge >= 0.3 is 5.97 Å². The van der Waals surface area contributed by atoms with Gasteiger partial charge in [-0.2, -0.15) is 0 Å². The van der Waals surface area contributed by atoms with E-state index in [1.807, 2.05) is 0 Å². The van der Waals surface area contributed by atoms with Gasteiger partial charge in [0.2, 0.25) is 0 Å². The maximum absolute atomic E-state index is 10.7. The van der Waals surface area contributed by atoms with E-state index in [0.717, 1.165) is 32.5 Å². The number of aliphatic carboxylic acids is 1. The van der Waals surface area contributed by atoms with Gasteiger partial charge in [0.25, 0.3) is 0 Å². The number of carboxylic acid groups (broad SMARTS) is 1. The van der Waals surface area contributed by atoms with Crippen LogP contribution in [0.15, 0.2) is 0 Å². The molecule has 0 spiro atoms. The number of hydrogen-bond acceptors (Lipinski definition) is 3. The van der Waals surface area contributed by atoms with Crippen molar-refractivity contribution in [3.05, 3.63) is 0 Å². The third-order valence-corrected chi connectivity index (χ3v) is 2.87. The molecule has 2 N–H and O–H groups in total. The first-order valence-electron chi connectivity index (χ1n) is 5.75. The van der Waals surface area contributed by atoms with E-state index in [-0.39, 0.29) is 0 Å². The van der Waals surface area contributed by atoms with Crippen LogP contribution in [0.4, 0.5) is 0 Å². The van der Waals surface area contributed by atoms with Gasteiger partial charge < -0.3 is 15.3 Å². The smallest absolute Gasteiger partial charge is 0.303 e. The number of rotatable bonds is 5. The second-order valence-electron chi connectivity index (χ2n) is 4.57. The van der Waals surface area contributed by atoms with Crippen LogP contribution in [0, 0.1) is 5.92 Å². The minimum atomic E-state index is -0.676. The highest BCUT2D eigenvalue weighted by molar-refractivity contribution is 5.67. The molecule has 4 nitrogen and oxygen atoms in total. The highest BCUT2D eigenvalue weighted by Gasteiger charge is 2.26. The van der Waals surface area contributed by atoms with E-state index in [9.17, 15) is 4.79 Å². The van der Waals surface area contributed by atoms with Crippen LogP contribution in [-0.4, -0.2) is 48.7 Å². The Hall–Kier alpha value is -0.610. The molecule has 0 bridgehead atoms. The van der Waals surface area contributed by atoms with Crippen molar-refractivity contribution in [3.8, 4) is 0 Å². The van der Waals surface area contributed by atoms with Crippen LogP contribution < -0.4 is 5.32 Å². The quantitative estimate of drug-likeness (QED) is 0.710. The normalized spacial score (nSPS) is 27.9. The van der Waals surface area contributed by atoms with Gasteiger partial charge in [-0.25, -0.2) is 0 Å². The molecule has 1 saturated heterocycles. The van der Waals surface area contributed by atoms with Gasteiger partial charge in [-0.05, 0) is 32.4 Å². The molecule has 0 aliphatic carbocycles. The van der Waals surface area contributed by atoms with Crippen LogP contribution in [0.25, 0.3) is 0 Å². The Balaban J connectivity index is 2.37. The molecule has 1 heterocycles. The van der Waals surface area contributed by atoms with Gasteiger partial charge in [-0.1, -0.05) is 6.92 Å². The molecule has 2 unspecified atom stereocenters. The lowest BCUT2D eigenvalue weighted by molar-refractivity contribution is -0.138. The van der Waals surface area contributed by atoms with E-state index in [4.69, 9.17) is 5.11 Å². The molecular weight excluding hydrogens is 192 g/mol. The molecule has 1 rings (SSSR count). The summed E-state index contributed by atoms with van der Waals surface area (Å²) < 4.78 is 0. The van der Waals surface area contributed by atoms with Crippen LogP contribution in [0.2, 0.25) is 0 Å². The van der Waals surface area contributed by atoms with E-state index >= 15 is 0 Å². The number of carbonyl (C=O) groups is 1. The zero-order valence-corrected chi connectivity index (χ0v) is 9.70. The number of piperidine rings is 1. The number of carboxylic acids is 1. The summed E-state index contributed by atoms with van der Waals surface area (Å²) in [6.07, 6.45) is 2.43. The zero-order chi connectivity index (χ0) is 11.3. The summed E-state index contributed by atoms with van der Waals surface area (Å²) in [5, 5.41) is 12.2. The average molecular weight is 214 g/mol. The summed E-state index contributed by atoms with van der Waals surface area (Å²) in [7, 11) is 2.06. The highest BCUT2D eigenvalue weighted by Crippen LogP contribution is 2.18. The summed E-state index contributed by atoms with van der Waals surface area (Å²) in [5.74, 6) is -0.375. The number of nitrogens with one attached hydrogen (secondary N) is 1. The molecule has 0 aromatic carbocycles. The first kappa shape index (κ1) is 12.5. The summed E-state index contributed by atoms with van der Waals surface area (Å²) in [6, 6.07) is 0.466. The van der Waals surface area contributed by atoms with Crippen LogP contribution in [0.1, 0.15) is 26.2 Å². The molecule has 4 heteroatoms. The number of nitrogens with zero attached hydrogens (tertiary/aromatic N) is 1. The van der Waals surface area contributed by atoms with Gasteiger partial charge in [0, 0.05) is 25.6 Å². The summed E-state index contributed by atoms with van der Waals surface area (Å²) in [4.78, 5) is 12.9. The lowest BCUT2D eigenvalue weighted by atomic mass is 9.92. The molecule has 0 amide bonds. The monoisotopic (exact) mass is 214 g/mol. The van der Waals surface area contributed by atoms with Gasteiger partial charge in [0.1, 0.15) is 0 Å². The second kappa shape index (κ2) is 6.08. The Morgan fingerprint density at radius 1 is 1.53 bits per heavy atom. The van der Waals surface area contributed by atoms with Gasteiger partial charge in [0.05, 0.1) is 0 Å². The van der Waals surface area contributed by atoms with Crippen LogP contribution in [0.3, 0.4) is 0 Å². The molecule has 1 aliphatic rings. The number of likely N-dealkylation sites (tertiary alicyclic amines) is 1. The van der Waals surface area contributed by atoms with Crippen LogP contribution >= 0.6 is 0 Å². The van der Waals surface area contributed by atoms with Crippen molar-refractivity contribution in [2.45, 2.75) is 32.2 Å². The summed E-state index contributed by atoms with van der Waals surface area (Å²) >= 11 is 0. The van der Waals surface area contributed by atoms with E-state index in [0.29, 0.717) is 18.4 Å². The number of hydrogen-bond donors (Lipinski definition) is 2. The standard InChI is InChI=1S/C11H22N2O2/c1-3-4-12-10-5-9(6-11(14)15)7-13(2)8-10/h9-10,12H,3-8H2,1-2H3,(H,14,15). The lowest BCUT2D eigenvalue weighted by Gasteiger charge is -2.35. The first-order chi connectivity index (χ1) is 7.11. The SMILES string of the molecule is CCCNC1CC(CC(=O)O)CN(C)C1. The van der Waals surface area contributed by atoms with Crippen molar-refractivity contribution in [1.29, 1.82) is 0 Å². The predicted molar refractivity (Wildman–Crippen MR) is 59.9 cm³/mol. The van der Waals surface area contributed by atoms with Gasteiger partial charge in [-0.3, -0.25) is 4.79 Å². The van der Waals surface area contributed by atoms with Crippen LogP contribution in [0.5, 0.6) is 0 Å². The first-order valence-corrected chi connectivity index (χ1v) is 5.75. The van der Waals surface area contributed by atoms with Crippen molar-refractivity contribution in [1.82, 2.24) is 10.2 Å². The molecular formula is C11H22N2O2. The van der Waals surface area contributed by atoms with Gasteiger partial charge in [0.15, 0.2) is 0 Å². The second-order valence-corrected chi connectivity index (χ2v) is 4.57. The average Bonchev–Trinajstić information content (AvgIpc) is 2.12. The van der Waals surface area contributed by atoms with E-state index < -0.39 is 5.97 Å². The Morgan fingerprint density at radius 2 is 2.27 bits per heavy atom. The maximum atomic E-state index is 10.7. The maximum Gasteiger partial charge on any atom is 0.303 e. The lowest BCUT2D eigenvalue weighted by Crippen LogP contribution is -2.48. The summed E-state index contributed by atoms with van der Waals surface area (Å²) in [6.45, 7) is 5.12. The van der Waals surface area contributed by atoms with Gasteiger partial charge in [-0.15, -0.1) is 0 Å². The van der Waals surface area contributed by atoms with Crippen molar-refractivity contribution < 1.29 is 9.90 Å². The van der Waals surface area contributed by atoms with Crippen molar-refractivity contribution in [3.63, 3.8) is 0 Å². The largest absolute Gasteiger partial charge is 0.481 e. The Labute approximate surface area is 91.6 Å². The third kappa shape index (κ3) is 4.62. The predicted octanol–water partition coefficient (Wildman–Crippen LogP) is 0.781. The Kier molecular flexibility index (Phi) is 5.05. The van der Waals surface area contributed by atoms with E-state index in [1.54, 1.807) is 0 Å². The molecule has 2 atom stereocenters.